The Balaban J connectivity index is 2.20. The normalized spacial score (nSPS) is 22.5. The van der Waals surface area contributed by atoms with Crippen molar-refractivity contribution in [3.8, 4) is 0 Å². The van der Waals surface area contributed by atoms with E-state index in [0.717, 1.165) is 12.4 Å². The van der Waals surface area contributed by atoms with Gasteiger partial charge in [-0.15, -0.1) is 0 Å². The first-order valence-corrected chi connectivity index (χ1v) is 5.89. The molecule has 0 N–H and O–H groups in total. The van der Waals surface area contributed by atoms with Crippen LogP contribution in [0.15, 0.2) is 12.4 Å². The van der Waals surface area contributed by atoms with E-state index in [1.807, 2.05) is 6.07 Å². The molecule has 1 aromatic heterocycles. The van der Waals surface area contributed by atoms with Crippen LogP contribution in [0.25, 0.3) is 0 Å². The SMILES string of the molecule is CC1CCCCCN1c1cc(Cl)ncn1. The summed E-state index contributed by atoms with van der Waals surface area (Å²) in [5.41, 5.74) is 0. The molecule has 1 aliphatic heterocycles. The number of halogens is 1. The van der Waals surface area contributed by atoms with Gasteiger partial charge in [-0.3, -0.25) is 0 Å². The van der Waals surface area contributed by atoms with Gasteiger partial charge in [-0.05, 0) is 19.8 Å². The standard InChI is InChI=1S/C11H16ClN3/c1-9-5-3-2-4-6-15(9)11-7-10(12)13-8-14-11/h7-9H,2-6H2,1H3. The first-order valence-electron chi connectivity index (χ1n) is 5.51. The van der Waals surface area contributed by atoms with E-state index in [2.05, 4.69) is 21.8 Å². The molecule has 1 fully saturated rings. The highest BCUT2D eigenvalue weighted by Gasteiger charge is 2.18. The van der Waals surface area contributed by atoms with E-state index in [0.29, 0.717) is 11.2 Å². The van der Waals surface area contributed by atoms with Gasteiger partial charge in [0.1, 0.15) is 17.3 Å². The van der Waals surface area contributed by atoms with Crippen molar-refractivity contribution in [3.63, 3.8) is 0 Å². The molecule has 3 nitrogen and oxygen atoms in total. The van der Waals surface area contributed by atoms with Crippen molar-refractivity contribution in [2.24, 2.45) is 0 Å². The van der Waals surface area contributed by atoms with Crippen LogP contribution in [0.5, 0.6) is 0 Å². The van der Waals surface area contributed by atoms with Crippen molar-refractivity contribution in [1.29, 1.82) is 0 Å². The maximum Gasteiger partial charge on any atom is 0.134 e. The Bertz CT molecular complexity index is 329. The number of aromatic nitrogens is 2. The molecule has 0 aromatic carbocycles. The minimum absolute atomic E-state index is 0.524. The molecule has 4 heteroatoms. The molecule has 15 heavy (non-hydrogen) atoms. The Morgan fingerprint density at radius 1 is 1.33 bits per heavy atom. The number of anilines is 1. The van der Waals surface area contributed by atoms with Gasteiger partial charge in [-0.2, -0.15) is 0 Å². The lowest BCUT2D eigenvalue weighted by Gasteiger charge is -2.28. The van der Waals surface area contributed by atoms with Crippen LogP contribution in [0.4, 0.5) is 5.82 Å². The molecule has 0 amide bonds. The van der Waals surface area contributed by atoms with E-state index in [1.54, 1.807) is 0 Å². The quantitative estimate of drug-likeness (QED) is 0.689. The van der Waals surface area contributed by atoms with Crippen molar-refractivity contribution in [2.45, 2.75) is 38.6 Å². The van der Waals surface area contributed by atoms with Crippen LogP contribution in [-0.2, 0) is 0 Å². The Hall–Kier alpha value is -0.830. The number of rotatable bonds is 1. The van der Waals surface area contributed by atoms with Crippen LogP contribution in [0, 0.1) is 0 Å². The van der Waals surface area contributed by atoms with Crippen molar-refractivity contribution >= 4 is 17.4 Å². The summed E-state index contributed by atoms with van der Waals surface area (Å²) in [6.45, 7) is 3.33. The highest BCUT2D eigenvalue weighted by Crippen LogP contribution is 2.23. The number of nitrogens with zero attached hydrogens (tertiary/aromatic N) is 3. The summed E-state index contributed by atoms with van der Waals surface area (Å²) in [5.74, 6) is 0.962. The second kappa shape index (κ2) is 4.79. The van der Waals surface area contributed by atoms with Gasteiger partial charge in [-0.1, -0.05) is 24.4 Å². The van der Waals surface area contributed by atoms with E-state index in [1.165, 1.54) is 32.0 Å². The van der Waals surface area contributed by atoms with Crippen molar-refractivity contribution in [3.05, 3.63) is 17.5 Å². The fraction of sp³-hybridized carbons (Fsp3) is 0.636. The second-order valence-electron chi connectivity index (χ2n) is 4.09. The zero-order chi connectivity index (χ0) is 10.7. The molecule has 0 radical (unpaired) electrons. The largest absolute Gasteiger partial charge is 0.354 e. The minimum atomic E-state index is 0.524. The lowest BCUT2D eigenvalue weighted by Crippen LogP contribution is -2.33. The Morgan fingerprint density at radius 2 is 2.20 bits per heavy atom. The first-order chi connectivity index (χ1) is 7.27. The van der Waals surface area contributed by atoms with E-state index >= 15 is 0 Å². The summed E-state index contributed by atoms with van der Waals surface area (Å²) in [6.07, 6.45) is 6.65. The molecule has 0 bridgehead atoms. The van der Waals surface area contributed by atoms with Crippen molar-refractivity contribution in [2.75, 3.05) is 11.4 Å². The molecule has 0 saturated carbocycles. The highest BCUT2D eigenvalue weighted by atomic mass is 35.5. The minimum Gasteiger partial charge on any atom is -0.354 e. The van der Waals surface area contributed by atoms with Gasteiger partial charge >= 0.3 is 0 Å². The van der Waals surface area contributed by atoms with Crippen LogP contribution in [0.2, 0.25) is 5.15 Å². The monoisotopic (exact) mass is 225 g/mol. The van der Waals surface area contributed by atoms with Crippen LogP contribution in [-0.4, -0.2) is 22.6 Å². The molecular weight excluding hydrogens is 210 g/mol. The van der Waals surface area contributed by atoms with E-state index in [4.69, 9.17) is 11.6 Å². The molecule has 1 atom stereocenters. The van der Waals surface area contributed by atoms with Gasteiger partial charge < -0.3 is 4.90 Å². The molecule has 0 spiro atoms. The van der Waals surface area contributed by atoms with Gasteiger partial charge in [0.25, 0.3) is 0 Å². The third kappa shape index (κ3) is 2.59. The molecule has 1 aromatic rings. The average Bonchev–Trinajstić information content (AvgIpc) is 2.43. The third-order valence-electron chi connectivity index (χ3n) is 2.97. The van der Waals surface area contributed by atoms with Gasteiger partial charge in [0.2, 0.25) is 0 Å². The third-order valence-corrected chi connectivity index (χ3v) is 3.17. The predicted octanol–water partition coefficient (Wildman–Crippen LogP) is 2.90. The van der Waals surface area contributed by atoms with Crippen molar-refractivity contribution < 1.29 is 0 Å². The highest BCUT2D eigenvalue weighted by molar-refractivity contribution is 6.29. The lowest BCUT2D eigenvalue weighted by molar-refractivity contribution is 0.610. The van der Waals surface area contributed by atoms with Crippen LogP contribution >= 0.6 is 11.6 Å². The van der Waals surface area contributed by atoms with Crippen LogP contribution in [0.3, 0.4) is 0 Å². The van der Waals surface area contributed by atoms with Crippen LogP contribution in [0.1, 0.15) is 32.6 Å². The lowest BCUT2D eigenvalue weighted by atomic mass is 10.1. The molecule has 1 saturated heterocycles. The molecule has 0 aliphatic carbocycles. The maximum atomic E-state index is 5.87. The summed E-state index contributed by atoms with van der Waals surface area (Å²) in [5, 5.41) is 0.524. The molecule has 1 aliphatic rings. The Morgan fingerprint density at radius 3 is 3.00 bits per heavy atom. The zero-order valence-electron chi connectivity index (χ0n) is 8.99. The molecule has 2 heterocycles. The fourth-order valence-electron chi connectivity index (χ4n) is 2.10. The summed E-state index contributed by atoms with van der Waals surface area (Å²) in [7, 11) is 0. The van der Waals surface area contributed by atoms with E-state index in [9.17, 15) is 0 Å². The molecule has 82 valence electrons. The van der Waals surface area contributed by atoms with Gasteiger partial charge in [0.05, 0.1) is 0 Å². The molecule has 2 rings (SSSR count). The van der Waals surface area contributed by atoms with E-state index < -0.39 is 0 Å². The summed E-state index contributed by atoms with van der Waals surface area (Å²) in [4.78, 5) is 10.5. The van der Waals surface area contributed by atoms with Gasteiger partial charge in [-0.25, -0.2) is 9.97 Å². The van der Waals surface area contributed by atoms with Crippen molar-refractivity contribution in [1.82, 2.24) is 9.97 Å². The topological polar surface area (TPSA) is 29.0 Å². The molecule has 1 unspecified atom stereocenters. The maximum absolute atomic E-state index is 5.87. The average molecular weight is 226 g/mol. The predicted molar refractivity (Wildman–Crippen MR) is 62.3 cm³/mol. The first kappa shape index (κ1) is 10.7. The zero-order valence-corrected chi connectivity index (χ0v) is 9.74. The molecular formula is C11H16ClN3. The van der Waals surface area contributed by atoms with Crippen LogP contribution < -0.4 is 4.90 Å². The van der Waals surface area contributed by atoms with Gasteiger partial charge in [0, 0.05) is 18.7 Å². The Labute approximate surface area is 95.5 Å². The summed E-state index contributed by atoms with van der Waals surface area (Å²) < 4.78 is 0. The number of hydrogen-bond donors (Lipinski definition) is 0. The second-order valence-corrected chi connectivity index (χ2v) is 4.48. The van der Waals surface area contributed by atoms with Gasteiger partial charge in [0.15, 0.2) is 0 Å². The Kier molecular flexibility index (Phi) is 3.41. The summed E-state index contributed by atoms with van der Waals surface area (Å²) >= 11 is 5.87. The fourth-order valence-corrected chi connectivity index (χ4v) is 2.24. The number of hydrogen-bond acceptors (Lipinski definition) is 3. The van der Waals surface area contributed by atoms with E-state index in [-0.39, 0.29) is 0 Å². The smallest absolute Gasteiger partial charge is 0.134 e. The summed E-state index contributed by atoms with van der Waals surface area (Å²) in [6, 6.07) is 2.40.